The Hall–Kier alpha value is -2.64. The Morgan fingerprint density at radius 3 is 2.39 bits per heavy atom. The molecule has 0 aliphatic carbocycles. The van der Waals surface area contributed by atoms with Gasteiger partial charge in [-0.2, -0.15) is 0 Å². The fourth-order valence-corrected chi connectivity index (χ4v) is 3.10. The Labute approximate surface area is 171 Å². The van der Waals surface area contributed by atoms with Gasteiger partial charge in [0.05, 0.1) is 16.5 Å². The van der Waals surface area contributed by atoms with Gasteiger partial charge < -0.3 is 10.1 Å². The smallest absolute Gasteiger partial charge is 0.338 e. The highest BCUT2D eigenvalue weighted by molar-refractivity contribution is 6.35. The Kier molecular flexibility index (Phi) is 6.99. The minimum Gasteiger partial charge on any atom is -0.449 e. The molecule has 0 saturated heterocycles. The van der Waals surface area contributed by atoms with Crippen molar-refractivity contribution >= 4 is 40.8 Å². The van der Waals surface area contributed by atoms with Crippen molar-refractivity contribution in [1.82, 2.24) is 5.32 Å². The van der Waals surface area contributed by atoms with E-state index < -0.39 is 28.9 Å². The molecule has 0 heterocycles. The molecule has 0 bridgehead atoms. The molecule has 0 spiro atoms. The lowest BCUT2D eigenvalue weighted by Crippen LogP contribution is -2.37. The van der Waals surface area contributed by atoms with E-state index in [1.54, 1.807) is 25.1 Å². The van der Waals surface area contributed by atoms with E-state index in [0.717, 1.165) is 0 Å². The van der Waals surface area contributed by atoms with Crippen LogP contribution in [0.25, 0.3) is 0 Å². The molecule has 28 heavy (non-hydrogen) atoms. The van der Waals surface area contributed by atoms with E-state index >= 15 is 0 Å². The van der Waals surface area contributed by atoms with Gasteiger partial charge in [0.15, 0.2) is 6.10 Å². The molecule has 2 aromatic rings. The summed E-state index contributed by atoms with van der Waals surface area (Å²) in [5.41, 5.74) is 1.01. The van der Waals surface area contributed by atoms with Gasteiger partial charge in [-0.05, 0) is 50.6 Å². The van der Waals surface area contributed by atoms with Gasteiger partial charge in [-0.3, -0.25) is 14.9 Å². The number of nitrogens with zero attached hydrogens (tertiary/aromatic N) is 1. The molecule has 2 unspecified atom stereocenters. The van der Waals surface area contributed by atoms with Crippen molar-refractivity contribution in [2.75, 3.05) is 0 Å². The highest BCUT2D eigenvalue weighted by atomic mass is 35.5. The lowest BCUT2D eigenvalue weighted by atomic mass is 10.1. The number of halogens is 2. The molecule has 9 heteroatoms. The van der Waals surface area contributed by atoms with Crippen molar-refractivity contribution in [2.45, 2.75) is 32.9 Å². The van der Waals surface area contributed by atoms with Crippen molar-refractivity contribution in [1.29, 1.82) is 0 Å². The molecule has 148 valence electrons. The second-order valence-corrected chi connectivity index (χ2v) is 7.05. The quantitative estimate of drug-likeness (QED) is 0.413. The second kappa shape index (κ2) is 9.03. The fraction of sp³-hybridized carbons (Fsp3) is 0.263. The van der Waals surface area contributed by atoms with Gasteiger partial charge >= 0.3 is 5.97 Å². The first-order chi connectivity index (χ1) is 13.1. The maximum Gasteiger partial charge on any atom is 0.338 e. The molecule has 0 aliphatic heterocycles. The van der Waals surface area contributed by atoms with Crippen molar-refractivity contribution in [3.05, 3.63) is 73.2 Å². The maximum absolute atomic E-state index is 12.3. The van der Waals surface area contributed by atoms with Gasteiger partial charge in [-0.15, -0.1) is 0 Å². The van der Waals surface area contributed by atoms with E-state index in [-0.39, 0.29) is 11.3 Å². The lowest BCUT2D eigenvalue weighted by molar-refractivity contribution is -0.385. The van der Waals surface area contributed by atoms with Crippen LogP contribution in [0.4, 0.5) is 5.69 Å². The number of nitrogens with one attached hydrogen (secondary N) is 1. The first kappa shape index (κ1) is 21.7. The summed E-state index contributed by atoms with van der Waals surface area (Å²) >= 11 is 12.0. The molecule has 0 radical (unpaired) electrons. The number of rotatable bonds is 6. The van der Waals surface area contributed by atoms with Crippen LogP contribution in [0.5, 0.6) is 0 Å². The third kappa shape index (κ3) is 5.21. The average Bonchev–Trinajstić information content (AvgIpc) is 2.60. The van der Waals surface area contributed by atoms with Crippen LogP contribution in [0.15, 0.2) is 36.4 Å². The summed E-state index contributed by atoms with van der Waals surface area (Å²) in [7, 11) is 0. The van der Waals surface area contributed by atoms with Crippen LogP contribution in [0.2, 0.25) is 10.0 Å². The molecule has 0 saturated carbocycles. The summed E-state index contributed by atoms with van der Waals surface area (Å²) in [6, 6.07) is 8.36. The Morgan fingerprint density at radius 1 is 1.14 bits per heavy atom. The number of nitro benzene ring substituents is 1. The summed E-state index contributed by atoms with van der Waals surface area (Å²) in [5, 5.41) is 14.5. The first-order valence-corrected chi connectivity index (χ1v) is 9.07. The number of carbonyl (C=O) groups is 2. The fourth-order valence-electron chi connectivity index (χ4n) is 2.53. The highest BCUT2D eigenvalue weighted by Crippen LogP contribution is 2.26. The Morgan fingerprint density at radius 2 is 1.82 bits per heavy atom. The molecule has 0 aliphatic rings. The van der Waals surface area contributed by atoms with Crippen molar-refractivity contribution in [3.63, 3.8) is 0 Å². The van der Waals surface area contributed by atoms with E-state index in [1.165, 1.54) is 32.0 Å². The predicted octanol–water partition coefficient (Wildman–Crippen LogP) is 4.63. The van der Waals surface area contributed by atoms with Crippen LogP contribution < -0.4 is 5.32 Å². The maximum atomic E-state index is 12.3. The predicted molar refractivity (Wildman–Crippen MR) is 106 cm³/mol. The van der Waals surface area contributed by atoms with Crippen molar-refractivity contribution in [3.8, 4) is 0 Å². The number of aryl methyl sites for hydroxylation is 1. The number of nitro groups is 1. The third-order valence-electron chi connectivity index (χ3n) is 4.07. The number of ether oxygens (including phenoxy) is 1. The molecule has 2 rings (SSSR count). The van der Waals surface area contributed by atoms with Crippen LogP contribution in [0.1, 0.15) is 41.4 Å². The van der Waals surface area contributed by atoms with Crippen LogP contribution in [-0.4, -0.2) is 22.9 Å². The lowest BCUT2D eigenvalue weighted by Gasteiger charge is -2.19. The van der Waals surface area contributed by atoms with Crippen LogP contribution in [0.3, 0.4) is 0 Å². The molecular weight excluding hydrogens is 407 g/mol. The molecular formula is C19H18Cl2N2O5. The zero-order valence-corrected chi connectivity index (χ0v) is 16.9. The minimum absolute atomic E-state index is 0.101. The zero-order chi connectivity index (χ0) is 21.0. The molecule has 2 atom stereocenters. The van der Waals surface area contributed by atoms with Crippen LogP contribution >= 0.6 is 23.2 Å². The van der Waals surface area contributed by atoms with Crippen LogP contribution in [-0.2, 0) is 9.53 Å². The summed E-state index contributed by atoms with van der Waals surface area (Å²) < 4.78 is 5.16. The molecule has 2 aromatic carbocycles. The van der Waals surface area contributed by atoms with E-state index in [4.69, 9.17) is 27.9 Å². The molecule has 7 nitrogen and oxygen atoms in total. The van der Waals surface area contributed by atoms with Gasteiger partial charge in [-0.1, -0.05) is 29.3 Å². The van der Waals surface area contributed by atoms with E-state index in [2.05, 4.69) is 5.32 Å². The monoisotopic (exact) mass is 424 g/mol. The van der Waals surface area contributed by atoms with E-state index in [9.17, 15) is 19.7 Å². The van der Waals surface area contributed by atoms with Crippen LogP contribution in [0, 0.1) is 17.0 Å². The standard InChI is InChI=1S/C19H18Cl2N2O5/c1-10-8-13(4-7-17(10)23(26)27)19(25)28-12(3)18(24)22-11(2)15-6-5-14(20)9-16(15)21/h4-9,11-12H,1-3H3,(H,22,24). The van der Waals surface area contributed by atoms with Gasteiger partial charge in [-0.25, -0.2) is 4.79 Å². The average molecular weight is 425 g/mol. The topological polar surface area (TPSA) is 98.5 Å². The van der Waals surface area contributed by atoms with Crippen molar-refractivity contribution < 1.29 is 19.2 Å². The van der Waals surface area contributed by atoms with Gasteiger partial charge in [0.2, 0.25) is 0 Å². The van der Waals surface area contributed by atoms with E-state index in [0.29, 0.717) is 21.2 Å². The molecule has 0 fully saturated rings. The number of hydrogen-bond acceptors (Lipinski definition) is 5. The van der Waals surface area contributed by atoms with Gasteiger partial charge in [0.1, 0.15) is 0 Å². The number of esters is 1. The second-order valence-electron chi connectivity index (χ2n) is 6.20. The Bertz CT molecular complexity index is 933. The highest BCUT2D eigenvalue weighted by Gasteiger charge is 2.23. The number of benzene rings is 2. The Balaban J connectivity index is 2.02. The normalized spacial score (nSPS) is 12.8. The minimum atomic E-state index is -1.07. The molecule has 1 N–H and O–H groups in total. The third-order valence-corrected chi connectivity index (χ3v) is 4.63. The zero-order valence-electron chi connectivity index (χ0n) is 15.4. The largest absolute Gasteiger partial charge is 0.449 e. The summed E-state index contributed by atoms with van der Waals surface area (Å²) in [6.07, 6.45) is -1.07. The summed E-state index contributed by atoms with van der Waals surface area (Å²) in [5.74, 6) is -1.26. The van der Waals surface area contributed by atoms with Gasteiger partial charge in [0.25, 0.3) is 11.6 Å². The SMILES string of the molecule is Cc1cc(C(=O)OC(C)C(=O)NC(C)c2ccc(Cl)cc2Cl)ccc1[N+](=O)[O-]. The summed E-state index contributed by atoms with van der Waals surface area (Å²) in [6.45, 7) is 4.69. The van der Waals surface area contributed by atoms with E-state index in [1.807, 2.05) is 0 Å². The van der Waals surface area contributed by atoms with Gasteiger partial charge in [0, 0.05) is 21.7 Å². The molecule has 0 aromatic heterocycles. The number of amides is 1. The molecule has 1 amide bonds. The number of hydrogen-bond donors (Lipinski definition) is 1. The van der Waals surface area contributed by atoms with Crippen molar-refractivity contribution in [2.24, 2.45) is 0 Å². The number of carbonyl (C=O) groups excluding carboxylic acids is 2. The summed E-state index contributed by atoms with van der Waals surface area (Å²) in [4.78, 5) is 34.9. The first-order valence-electron chi connectivity index (χ1n) is 8.31.